The Balaban J connectivity index is 1.44. The van der Waals surface area contributed by atoms with Crippen LogP contribution in [0.25, 0.3) is 16.8 Å². The van der Waals surface area contributed by atoms with Gasteiger partial charge >= 0.3 is 0 Å². The molecular weight excluding hydrogens is 360 g/mol. The minimum absolute atomic E-state index is 0.332. The van der Waals surface area contributed by atoms with Crippen LogP contribution in [0.1, 0.15) is 35.7 Å². The van der Waals surface area contributed by atoms with Gasteiger partial charge in [-0.3, -0.25) is 4.68 Å². The highest BCUT2D eigenvalue weighted by Crippen LogP contribution is 2.29. The first-order chi connectivity index (χ1) is 14.1. The molecule has 148 valence electrons. The molecule has 0 spiro atoms. The molecule has 6 nitrogen and oxygen atoms in total. The van der Waals surface area contributed by atoms with Crippen LogP contribution < -0.4 is 5.32 Å². The number of aromatic nitrogens is 5. The molecule has 0 bridgehead atoms. The molecule has 0 saturated heterocycles. The Morgan fingerprint density at radius 3 is 2.90 bits per heavy atom. The van der Waals surface area contributed by atoms with Crippen molar-refractivity contribution in [3.63, 3.8) is 0 Å². The van der Waals surface area contributed by atoms with Crippen LogP contribution in [0.3, 0.4) is 0 Å². The van der Waals surface area contributed by atoms with E-state index >= 15 is 0 Å². The maximum absolute atomic E-state index is 4.84. The number of fused-ring (bicyclic) bond motifs is 2. The number of aryl methyl sites for hydroxylation is 3. The van der Waals surface area contributed by atoms with Crippen molar-refractivity contribution < 1.29 is 0 Å². The summed E-state index contributed by atoms with van der Waals surface area (Å²) in [5, 5.41) is 12.8. The van der Waals surface area contributed by atoms with Gasteiger partial charge < -0.3 is 5.32 Å². The van der Waals surface area contributed by atoms with E-state index in [1.54, 1.807) is 0 Å². The summed E-state index contributed by atoms with van der Waals surface area (Å²) in [7, 11) is 0. The van der Waals surface area contributed by atoms with Gasteiger partial charge in [0.15, 0.2) is 5.65 Å². The molecule has 1 unspecified atom stereocenters. The zero-order valence-electron chi connectivity index (χ0n) is 17.2. The average molecular weight is 387 g/mol. The molecule has 0 saturated carbocycles. The van der Waals surface area contributed by atoms with Gasteiger partial charge in [0.25, 0.3) is 0 Å². The predicted molar refractivity (Wildman–Crippen MR) is 115 cm³/mol. The fourth-order valence-corrected chi connectivity index (χ4v) is 4.46. The summed E-state index contributed by atoms with van der Waals surface area (Å²) in [6.07, 6.45) is 7.06. The first-order valence-electron chi connectivity index (χ1n) is 10.4. The van der Waals surface area contributed by atoms with Gasteiger partial charge in [-0.2, -0.15) is 10.1 Å². The maximum Gasteiger partial charge on any atom is 0.243 e. The van der Waals surface area contributed by atoms with E-state index in [9.17, 15) is 0 Å². The predicted octanol–water partition coefficient (Wildman–Crippen LogP) is 4.20. The molecule has 29 heavy (non-hydrogen) atoms. The Labute approximate surface area is 170 Å². The molecule has 6 heteroatoms. The van der Waals surface area contributed by atoms with Crippen molar-refractivity contribution in [2.75, 3.05) is 5.32 Å². The lowest BCUT2D eigenvalue weighted by Crippen LogP contribution is -2.28. The number of rotatable bonds is 4. The third kappa shape index (κ3) is 3.18. The summed E-state index contributed by atoms with van der Waals surface area (Å²) >= 11 is 0. The van der Waals surface area contributed by atoms with Gasteiger partial charge in [-0.1, -0.05) is 23.8 Å². The summed E-state index contributed by atoms with van der Waals surface area (Å²) in [6, 6.07) is 11.0. The standard InChI is InChI=1S/C23H26N6/c1-4-28-21-10-8-18(13-17(21)14-24-28)25-23-26-22-20(6-5-11-29(22)27-23)19-9-7-15(2)12-16(19)3/h5-7,9,11-12,14,18H,4,8,10,13H2,1-3H3,(H,25,27). The highest BCUT2D eigenvalue weighted by molar-refractivity contribution is 5.80. The molecule has 1 atom stereocenters. The molecule has 0 fully saturated rings. The summed E-state index contributed by atoms with van der Waals surface area (Å²) in [5.41, 5.74) is 8.45. The number of nitrogens with one attached hydrogen (secondary N) is 1. The van der Waals surface area contributed by atoms with E-state index < -0.39 is 0 Å². The van der Waals surface area contributed by atoms with Crippen LogP contribution >= 0.6 is 0 Å². The van der Waals surface area contributed by atoms with Crippen molar-refractivity contribution in [3.8, 4) is 11.1 Å². The minimum Gasteiger partial charge on any atom is -0.350 e. The highest BCUT2D eigenvalue weighted by Gasteiger charge is 2.23. The topological polar surface area (TPSA) is 60.0 Å². The van der Waals surface area contributed by atoms with Gasteiger partial charge in [0.1, 0.15) is 0 Å². The molecule has 0 radical (unpaired) electrons. The van der Waals surface area contributed by atoms with E-state index in [-0.39, 0.29) is 0 Å². The maximum atomic E-state index is 4.84. The molecule has 1 aromatic carbocycles. The quantitative estimate of drug-likeness (QED) is 0.571. The molecule has 0 aliphatic heterocycles. The second kappa shape index (κ2) is 7.03. The molecule has 1 N–H and O–H groups in total. The van der Waals surface area contributed by atoms with Crippen LogP contribution in [0, 0.1) is 13.8 Å². The number of anilines is 1. The molecule has 5 rings (SSSR count). The smallest absolute Gasteiger partial charge is 0.243 e. The van der Waals surface area contributed by atoms with Crippen LogP contribution in [-0.4, -0.2) is 30.4 Å². The Kier molecular flexibility index (Phi) is 4.34. The zero-order chi connectivity index (χ0) is 20.0. The van der Waals surface area contributed by atoms with Crippen molar-refractivity contribution in [2.24, 2.45) is 0 Å². The van der Waals surface area contributed by atoms with Crippen molar-refractivity contribution in [1.82, 2.24) is 24.4 Å². The first kappa shape index (κ1) is 17.9. The molecule has 0 amide bonds. The second-order valence-electron chi connectivity index (χ2n) is 7.96. The van der Waals surface area contributed by atoms with Crippen LogP contribution in [0.4, 0.5) is 5.95 Å². The van der Waals surface area contributed by atoms with Gasteiger partial charge in [0, 0.05) is 30.0 Å². The van der Waals surface area contributed by atoms with E-state index in [1.165, 1.54) is 27.9 Å². The molecule has 1 aliphatic rings. The van der Waals surface area contributed by atoms with Gasteiger partial charge in [-0.05, 0) is 68.9 Å². The normalized spacial score (nSPS) is 16.2. The van der Waals surface area contributed by atoms with Crippen molar-refractivity contribution in [1.29, 1.82) is 0 Å². The number of pyridine rings is 1. The third-order valence-electron chi connectivity index (χ3n) is 5.90. The minimum atomic E-state index is 0.332. The van der Waals surface area contributed by atoms with Crippen molar-refractivity contribution in [3.05, 3.63) is 65.1 Å². The molecular formula is C23H26N6. The van der Waals surface area contributed by atoms with E-state index in [0.29, 0.717) is 12.0 Å². The van der Waals surface area contributed by atoms with Gasteiger partial charge in [0.05, 0.1) is 6.20 Å². The number of nitrogens with zero attached hydrogens (tertiary/aromatic N) is 5. The third-order valence-corrected chi connectivity index (χ3v) is 5.90. The summed E-state index contributed by atoms with van der Waals surface area (Å²) in [5.74, 6) is 0.693. The van der Waals surface area contributed by atoms with Gasteiger partial charge in [-0.25, -0.2) is 4.52 Å². The summed E-state index contributed by atoms with van der Waals surface area (Å²) < 4.78 is 3.99. The Bertz CT molecular complexity index is 1190. The number of benzene rings is 1. The summed E-state index contributed by atoms with van der Waals surface area (Å²) in [4.78, 5) is 4.84. The molecule has 3 aromatic heterocycles. The Hall–Kier alpha value is -3.15. The lowest BCUT2D eigenvalue weighted by atomic mass is 9.93. The SMILES string of the molecule is CCn1ncc2c1CCC(Nc1nc3c(-c4ccc(C)cc4C)cccn3n1)C2. The highest BCUT2D eigenvalue weighted by atomic mass is 15.3. The Morgan fingerprint density at radius 2 is 2.07 bits per heavy atom. The second-order valence-corrected chi connectivity index (χ2v) is 7.96. The first-order valence-corrected chi connectivity index (χ1v) is 10.4. The van der Waals surface area contributed by atoms with Crippen molar-refractivity contribution in [2.45, 2.75) is 52.6 Å². The van der Waals surface area contributed by atoms with E-state index in [2.05, 4.69) is 60.1 Å². The largest absolute Gasteiger partial charge is 0.350 e. The molecule has 4 aromatic rings. The monoisotopic (exact) mass is 386 g/mol. The van der Waals surface area contributed by atoms with E-state index in [0.717, 1.165) is 37.0 Å². The summed E-state index contributed by atoms with van der Waals surface area (Å²) in [6.45, 7) is 7.35. The fourth-order valence-electron chi connectivity index (χ4n) is 4.46. The number of hydrogen-bond donors (Lipinski definition) is 1. The molecule has 1 aliphatic carbocycles. The lowest BCUT2D eigenvalue weighted by molar-refractivity contribution is 0.552. The number of hydrogen-bond acceptors (Lipinski definition) is 4. The van der Waals surface area contributed by atoms with Crippen molar-refractivity contribution >= 4 is 11.6 Å². The van der Waals surface area contributed by atoms with Gasteiger partial charge in [-0.15, -0.1) is 5.10 Å². The molecule has 3 heterocycles. The van der Waals surface area contributed by atoms with Crippen LogP contribution in [0.5, 0.6) is 0 Å². The van der Waals surface area contributed by atoms with E-state index in [1.807, 2.05) is 23.0 Å². The van der Waals surface area contributed by atoms with Crippen LogP contribution in [0.15, 0.2) is 42.7 Å². The van der Waals surface area contributed by atoms with Gasteiger partial charge in [0.2, 0.25) is 5.95 Å². The van der Waals surface area contributed by atoms with E-state index in [4.69, 9.17) is 10.1 Å². The van der Waals surface area contributed by atoms with Crippen LogP contribution in [-0.2, 0) is 19.4 Å². The Morgan fingerprint density at radius 1 is 1.17 bits per heavy atom. The van der Waals surface area contributed by atoms with Crippen LogP contribution in [0.2, 0.25) is 0 Å². The average Bonchev–Trinajstić information content (AvgIpc) is 3.31. The lowest BCUT2D eigenvalue weighted by Gasteiger charge is -2.23. The zero-order valence-corrected chi connectivity index (χ0v) is 17.2. The fraction of sp³-hybridized carbons (Fsp3) is 0.348.